The molecule has 94 valence electrons. The smallest absolute Gasteiger partial charge is 0.293 e. The van der Waals surface area contributed by atoms with Gasteiger partial charge in [0.1, 0.15) is 0 Å². The van der Waals surface area contributed by atoms with E-state index in [0.29, 0.717) is 17.0 Å². The second-order valence-electron chi connectivity index (χ2n) is 3.38. The lowest BCUT2D eigenvalue weighted by Crippen LogP contribution is -2.16. The zero-order valence-corrected chi connectivity index (χ0v) is 11.5. The van der Waals surface area contributed by atoms with E-state index in [0.717, 1.165) is 36.1 Å². The molecule has 0 atom stereocenters. The molecule has 0 spiro atoms. The molecule has 1 aromatic rings. The van der Waals surface area contributed by atoms with E-state index >= 15 is 0 Å². The lowest BCUT2D eigenvalue weighted by Gasteiger charge is -2.06. The number of ether oxygens (including phenoxy) is 1. The Kier molecular flexibility index (Phi) is 5.99. The van der Waals surface area contributed by atoms with Crippen LogP contribution in [0.5, 0.6) is 5.19 Å². The summed E-state index contributed by atoms with van der Waals surface area (Å²) in [6.07, 6.45) is 3.67. The molecule has 5 nitrogen and oxygen atoms in total. The van der Waals surface area contributed by atoms with E-state index in [1.54, 1.807) is 14.1 Å². The number of carbonyl (C=O) groups is 1. The lowest BCUT2D eigenvalue weighted by atomic mass is 10.3. The molecule has 0 aliphatic rings. The predicted molar refractivity (Wildman–Crippen MR) is 69.8 cm³/mol. The Labute approximate surface area is 109 Å². The third-order valence-corrected chi connectivity index (χ3v) is 3.36. The summed E-state index contributed by atoms with van der Waals surface area (Å²) in [4.78, 5) is 17.0. The average Bonchev–Trinajstić information content (AvgIpc) is 2.72. The highest BCUT2D eigenvalue weighted by molar-refractivity contribution is 8.13. The molecule has 1 aromatic heterocycles. The fraction of sp³-hybridized carbons (Fsp3) is 0.500. The summed E-state index contributed by atoms with van der Waals surface area (Å²) < 4.78 is 9.43. The van der Waals surface area contributed by atoms with Crippen molar-refractivity contribution in [1.29, 1.82) is 0 Å². The van der Waals surface area contributed by atoms with Gasteiger partial charge >= 0.3 is 0 Å². The predicted octanol–water partition coefficient (Wildman–Crippen LogP) is 2.66. The van der Waals surface area contributed by atoms with Gasteiger partial charge in [-0.05, 0) is 12.8 Å². The molecule has 0 saturated carbocycles. The first kappa shape index (κ1) is 14.0. The van der Waals surface area contributed by atoms with Gasteiger partial charge in [0.15, 0.2) is 0 Å². The largest absolute Gasteiger partial charge is 0.469 e. The maximum absolute atomic E-state index is 11.4. The highest BCUT2D eigenvalue weighted by Gasteiger charge is 2.12. The van der Waals surface area contributed by atoms with Crippen LogP contribution in [0.3, 0.4) is 0 Å². The zero-order valence-electron chi connectivity index (χ0n) is 9.88. The lowest BCUT2D eigenvalue weighted by molar-refractivity contribution is 0.241. The molecule has 0 aliphatic heterocycles. The minimum absolute atomic E-state index is 0.0963. The molecule has 7 heteroatoms. The molecule has 0 radical (unpaired) electrons. The summed E-state index contributed by atoms with van der Waals surface area (Å²) in [6.45, 7) is 4.22. The van der Waals surface area contributed by atoms with Crippen LogP contribution >= 0.6 is 23.3 Å². The Morgan fingerprint density at radius 2 is 2.41 bits per heavy atom. The first-order valence-electron chi connectivity index (χ1n) is 5.10. The number of hydrogen-bond acceptors (Lipinski definition) is 6. The van der Waals surface area contributed by atoms with Gasteiger partial charge in [0.25, 0.3) is 10.4 Å². The van der Waals surface area contributed by atoms with Gasteiger partial charge in [-0.1, -0.05) is 6.08 Å². The number of unbranched alkanes of at least 4 members (excludes halogenated alkanes) is 1. The number of aromatic nitrogens is 2. The summed E-state index contributed by atoms with van der Waals surface area (Å²) in [5.74, 6) is 0. The Bertz CT molecular complexity index is 379. The molecule has 0 aromatic carbocycles. The summed E-state index contributed by atoms with van der Waals surface area (Å²) in [6, 6.07) is 0. The van der Waals surface area contributed by atoms with Crippen molar-refractivity contribution in [2.75, 3.05) is 20.7 Å². The van der Waals surface area contributed by atoms with Crippen LogP contribution in [-0.2, 0) is 0 Å². The first-order chi connectivity index (χ1) is 8.13. The highest BCUT2D eigenvalue weighted by Crippen LogP contribution is 2.23. The van der Waals surface area contributed by atoms with Crippen molar-refractivity contribution < 1.29 is 9.53 Å². The van der Waals surface area contributed by atoms with E-state index in [1.165, 1.54) is 4.90 Å². The van der Waals surface area contributed by atoms with E-state index in [2.05, 4.69) is 15.9 Å². The molecule has 0 fully saturated rings. The van der Waals surface area contributed by atoms with Crippen molar-refractivity contribution in [1.82, 2.24) is 14.3 Å². The monoisotopic (exact) mass is 273 g/mol. The molecule has 0 bridgehead atoms. The second-order valence-corrected chi connectivity index (χ2v) is 5.02. The quantitative estimate of drug-likeness (QED) is 0.453. The number of carbonyl (C=O) groups excluding carboxylic acids is 1. The van der Waals surface area contributed by atoms with Gasteiger partial charge in [0.2, 0.25) is 5.16 Å². The van der Waals surface area contributed by atoms with Crippen LogP contribution in [0.25, 0.3) is 0 Å². The number of allylic oxidation sites excluding steroid dienone is 1. The number of rotatable bonds is 6. The first-order valence-corrected chi connectivity index (χ1v) is 6.69. The summed E-state index contributed by atoms with van der Waals surface area (Å²) in [5.41, 5.74) is 0. The maximum Gasteiger partial charge on any atom is 0.293 e. The average molecular weight is 273 g/mol. The zero-order chi connectivity index (χ0) is 12.7. The SMILES string of the molecule is C=CCCCOc1nc(SC(=O)N(C)C)ns1. The van der Waals surface area contributed by atoms with E-state index in [-0.39, 0.29) is 5.24 Å². The standard InChI is InChI=1S/C10H15N3O2S2/c1-4-5-6-7-15-9-11-8(12-17-9)16-10(14)13(2)3/h4H,1,5-7H2,2-3H3. The van der Waals surface area contributed by atoms with Gasteiger partial charge in [0, 0.05) is 37.4 Å². The van der Waals surface area contributed by atoms with Crippen molar-refractivity contribution in [3.05, 3.63) is 12.7 Å². The summed E-state index contributed by atoms with van der Waals surface area (Å²) in [5, 5.41) is 0.844. The van der Waals surface area contributed by atoms with E-state index in [4.69, 9.17) is 4.74 Å². The fourth-order valence-corrected chi connectivity index (χ4v) is 2.10. The van der Waals surface area contributed by atoms with E-state index in [9.17, 15) is 4.79 Å². The van der Waals surface area contributed by atoms with E-state index in [1.807, 2.05) is 6.08 Å². The van der Waals surface area contributed by atoms with Crippen molar-refractivity contribution >= 4 is 28.5 Å². The van der Waals surface area contributed by atoms with Crippen molar-refractivity contribution in [2.24, 2.45) is 0 Å². The van der Waals surface area contributed by atoms with Crippen molar-refractivity contribution in [2.45, 2.75) is 18.0 Å². The Hall–Kier alpha value is -1.08. The highest BCUT2D eigenvalue weighted by atomic mass is 32.2. The molecular formula is C10H15N3O2S2. The van der Waals surface area contributed by atoms with Crippen molar-refractivity contribution in [3.8, 4) is 5.19 Å². The number of thioether (sulfide) groups is 1. The number of nitrogens with zero attached hydrogens (tertiary/aromatic N) is 3. The van der Waals surface area contributed by atoms with Crippen LogP contribution in [0.1, 0.15) is 12.8 Å². The topological polar surface area (TPSA) is 55.3 Å². The van der Waals surface area contributed by atoms with Gasteiger partial charge < -0.3 is 9.64 Å². The van der Waals surface area contributed by atoms with Gasteiger partial charge in [-0.25, -0.2) is 0 Å². The van der Waals surface area contributed by atoms with Gasteiger partial charge in [-0.2, -0.15) is 9.36 Å². The van der Waals surface area contributed by atoms with Crippen LogP contribution < -0.4 is 4.74 Å². The molecule has 1 heterocycles. The van der Waals surface area contributed by atoms with Crippen LogP contribution in [0.15, 0.2) is 17.8 Å². The van der Waals surface area contributed by atoms with Gasteiger partial charge in [-0.3, -0.25) is 4.79 Å². The second kappa shape index (κ2) is 7.29. The van der Waals surface area contributed by atoms with E-state index < -0.39 is 0 Å². The molecule has 0 unspecified atom stereocenters. The molecule has 1 amide bonds. The fourth-order valence-electron chi connectivity index (χ4n) is 0.854. The third-order valence-electron chi connectivity index (χ3n) is 1.71. The molecule has 0 aliphatic carbocycles. The Morgan fingerprint density at radius 3 is 3.06 bits per heavy atom. The summed E-state index contributed by atoms with van der Waals surface area (Å²) >= 11 is 2.16. The molecular weight excluding hydrogens is 258 g/mol. The van der Waals surface area contributed by atoms with Crippen LogP contribution in [0.4, 0.5) is 4.79 Å². The third kappa shape index (κ3) is 5.18. The Morgan fingerprint density at radius 1 is 1.65 bits per heavy atom. The normalized spacial score (nSPS) is 10.0. The summed E-state index contributed by atoms with van der Waals surface area (Å²) in [7, 11) is 3.38. The molecule has 0 N–H and O–H groups in total. The molecule has 1 rings (SSSR count). The minimum Gasteiger partial charge on any atom is -0.469 e. The Balaban J connectivity index is 2.37. The molecule has 17 heavy (non-hydrogen) atoms. The number of amides is 1. The van der Waals surface area contributed by atoms with Crippen molar-refractivity contribution in [3.63, 3.8) is 0 Å². The van der Waals surface area contributed by atoms with Gasteiger partial charge in [0.05, 0.1) is 6.61 Å². The minimum atomic E-state index is -0.0963. The van der Waals surface area contributed by atoms with Crippen LogP contribution in [-0.4, -0.2) is 40.2 Å². The maximum atomic E-state index is 11.4. The molecule has 0 saturated heterocycles. The number of hydrogen-bond donors (Lipinski definition) is 0. The van der Waals surface area contributed by atoms with Crippen LogP contribution in [0.2, 0.25) is 0 Å². The van der Waals surface area contributed by atoms with Gasteiger partial charge in [-0.15, -0.1) is 6.58 Å². The van der Waals surface area contributed by atoms with Crippen LogP contribution in [0, 0.1) is 0 Å².